The van der Waals surface area contributed by atoms with Crippen LogP contribution in [0.2, 0.25) is 0 Å². The molecular weight excluding hydrogens is 155 g/mol. The number of aromatic nitrogens is 2. The molecule has 0 unspecified atom stereocenters. The van der Waals surface area contributed by atoms with Gasteiger partial charge in [-0.15, -0.1) is 0 Å². The largest absolute Gasteiger partial charge is 0.476 e. The van der Waals surface area contributed by atoms with Gasteiger partial charge in [0.2, 0.25) is 5.82 Å². The van der Waals surface area contributed by atoms with Gasteiger partial charge in [-0.3, -0.25) is 14.6 Å². The Balaban J connectivity index is 3.46. The van der Waals surface area contributed by atoms with Crippen LogP contribution in [0.3, 0.4) is 0 Å². The molecule has 1 aromatic heterocycles. The maximum Gasteiger partial charge on any atom is 0.357 e. The molecule has 2 N–H and O–H groups in total. The molecular formula is C5H5FN2O3. The number of aromatic carboxylic acids is 1. The molecule has 0 saturated heterocycles. The average Bonchev–Trinajstić information content (AvgIpc) is 2.07. The minimum Gasteiger partial charge on any atom is -0.476 e. The number of aromatic amines is 1. The molecule has 0 spiro atoms. The van der Waals surface area contributed by atoms with Gasteiger partial charge in [0.05, 0.1) is 0 Å². The van der Waals surface area contributed by atoms with Crippen LogP contribution in [-0.4, -0.2) is 20.9 Å². The Hall–Kier alpha value is -1.59. The van der Waals surface area contributed by atoms with Crippen molar-refractivity contribution in [2.75, 3.05) is 0 Å². The first-order valence-corrected chi connectivity index (χ1v) is 2.72. The minimum absolute atomic E-state index is 0.657. The van der Waals surface area contributed by atoms with Crippen LogP contribution in [0.1, 0.15) is 10.5 Å². The Kier molecular flexibility index (Phi) is 1.52. The third-order valence-corrected chi connectivity index (χ3v) is 1.21. The zero-order valence-electron chi connectivity index (χ0n) is 5.59. The van der Waals surface area contributed by atoms with Crippen LogP contribution in [0.4, 0.5) is 4.39 Å². The summed E-state index contributed by atoms with van der Waals surface area (Å²) in [4.78, 5) is 20.7. The lowest BCUT2D eigenvalue weighted by molar-refractivity contribution is 0.0679. The van der Waals surface area contributed by atoms with Crippen LogP contribution < -0.4 is 5.56 Å². The van der Waals surface area contributed by atoms with Gasteiger partial charge in [0, 0.05) is 7.05 Å². The number of aryl methyl sites for hydroxylation is 1. The molecule has 11 heavy (non-hydrogen) atoms. The number of hydrogen-bond donors (Lipinski definition) is 2. The molecule has 0 fully saturated rings. The maximum atomic E-state index is 12.5. The molecule has 5 nitrogen and oxygen atoms in total. The molecule has 0 amide bonds. The number of H-pyrrole nitrogens is 1. The normalized spacial score (nSPS) is 10.0. The van der Waals surface area contributed by atoms with Gasteiger partial charge in [0.1, 0.15) is 0 Å². The van der Waals surface area contributed by atoms with Crippen molar-refractivity contribution in [3.63, 3.8) is 0 Å². The van der Waals surface area contributed by atoms with E-state index in [0.29, 0.717) is 0 Å². The summed E-state index contributed by atoms with van der Waals surface area (Å²) in [6.45, 7) is 0. The molecule has 0 aromatic carbocycles. The molecule has 6 heteroatoms. The van der Waals surface area contributed by atoms with Crippen molar-refractivity contribution in [1.29, 1.82) is 0 Å². The Morgan fingerprint density at radius 2 is 2.27 bits per heavy atom. The van der Waals surface area contributed by atoms with Crippen molar-refractivity contribution in [3.05, 3.63) is 21.9 Å². The number of nitrogens with one attached hydrogen (secondary N) is 1. The van der Waals surface area contributed by atoms with Crippen molar-refractivity contribution in [1.82, 2.24) is 9.78 Å². The fraction of sp³-hybridized carbons (Fsp3) is 0.200. The van der Waals surface area contributed by atoms with Crippen molar-refractivity contribution in [2.45, 2.75) is 0 Å². The van der Waals surface area contributed by atoms with Gasteiger partial charge in [-0.2, -0.15) is 4.39 Å². The van der Waals surface area contributed by atoms with Crippen molar-refractivity contribution in [2.24, 2.45) is 7.05 Å². The first kappa shape index (κ1) is 7.52. The second kappa shape index (κ2) is 2.22. The Morgan fingerprint density at radius 1 is 1.73 bits per heavy atom. The third-order valence-electron chi connectivity index (χ3n) is 1.21. The Morgan fingerprint density at radius 3 is 2.45 bits per heavy atom. The van der Waals surface area contributed by atoms with Gasteiger partial charge >= 0.3 is 11.5 Å². The van der Waals surface area contributed by atoms with E-state index in [-0.39, 0.29) is 0 Å². The highest BCUT2D eigenvalue weighted by molar-refractivity contribution is 5.85. The monoisotopic (exact) mass is 160 g/mol. The van der Waals surface area contributed by atoms with Gasteiger partial charge in [0.15, 0.2) is 5.69 Å². The SMILES string of the molecule is Cn1[nH]c(=O)c(F)c1C(=O)O. The van der Waals surface area contributed by atoms with Crippen LogP contribution in [0.5, 0.6) is 0 Å². The van der Waals surface area contributed by atoms with Gasteiger partial charge < -0.3 is 5.11 Å². The first-order chi connectivity index (χ1) is 5.04. The highest BCUT2D eigenvalue weighted by atomic mass is 19.1. The maximum absolute atomic E-state index is 12.5. The summed E-state index contributed by atoms with van der Waals surface area (Å²) < 4.78 is 13.3. The number of carboxylic acids is 1. The highest BCUT2D eigenvalue weighted by Gasteiger charge is 2.18. The smallest absolute Gasteiger partial charge is 0.357 e. The van der Waals surface area contributed by atoms with Crippen LogP contribution in [0.15, 0.2) is 4.79 Å². The Labute approximate surface area is 60.1 Å². The van der Waals surface area contributed by atoms with Crippen LogP contribution in [-0.2, 0) is 7.05 Å². The van der Waals surface area contributed by atoms with Crippen LogP contribution in [0, 0.1) is 5.82 Å². The molecule has 1 rings (SSSR count). The molecule has 1 aromatic rings. The summed E-state index contributed by atoms with van der Waals surface area (Å²) in [7, 11) is 1.24. The summed E-state index contributed by atoms with van der Waals surface area (Å²) in [5.74, 6) is -2.73. The number of carbonyl (C=O) groups is 1. The van der Waals surface area contributed by atoms with E-state index >= 15 is 0 Å². The van der Waals surface area contributed by atoms with E-state index in [1.807, 2.05) is 5.10 Å². The van der Waals surface area contributed by atoms with E-state index in [0.717, 1.165) is 4.68 Å². The molecule has 0 bridgehead atoms. The number of rotatable bonds is 1. The van der Waals surface area contributed by atoms with Crippen LogP contribution in [0.25, 0.3) is 0 Å². The van der Waals surface area contributed by atoms with Crippen molar-refractivity contribution in [3.8, 4) is 0 Å². The summed E-state index contributed by atoms with van der Waals surface area (Å²) >= 11 is 0. The van der Waals surface area contributed by atoms with Crippen LogP contribution >= 0.6 is 0 Å². The van der Waals surface area contributed by atoms with E-state index in [4.69, 9.17) is 5.11 Å². The van der Waals surface area contributed by atoms with E-state index < -0.39 is 23.0 Å². The van der Waals surface area contributed by atoms with E-state index in [9.17, 15) is 14.0 Å². The number of carboxylic acid groups (broad SMARTS) is 1. The van der Waals surface area contributed by atoms with Gasteiger partial charge in [0.25, 0.3) is 0 Å². The quantitative estimate of drug-likeness (QED) is 0.584. The lowest BCUT2D eigenvalue weighted by Gasteiger charge is -1.92. The number of halogens is 1. The number of hydrogen-bond acceptors (Lipinski definition) is 2. The topological polar surface area (TPSA) is 75.1 Å². The lowest BCUT2D eigenvalue weighted by Crippen LogP contribution is -2.07. The number of nitrogens with zero attached hydrogens (tertiary/aromatic N) is 1. The predicted molar refractivity (Wildman–Crippen MR) is 33.0 cm³/mol. The Bertz CT molecular complexity index is 351. The molecule has 0 aliphatic carbocycles. The second-order valence-electron chi connectivity index (χ2n) is 1.97. The molecule has 60 valence electrons. The summed E-state index contributed by atoms with van der Waals surface area (Å²) in [5, 5.41) is 10.3. The zero-order chi connectivity index (χ0) is 8.59. The van der Waals surface area contributed by atoms with E-state index in [2.05, 4.69) is 0 Å². The highest BCUT2D eigenvalue weighted by Crippen LogP contribution is 1.98. The van der Waals surface area contributed by atoms with Gasteiger partial charge in [-0.05, 0) is 0 Å². The van der Waals surface area contributed by atoms with E-state index in [1.165, 1.54) is 7.05 Å². The fourth-order valence-corrected chi connectivity index (χ4v) is 0.749. The minimum atomic E-state index is -1.47. The third kappa shape index (κ3) is 1.02. The molecule has 0 aliphatic rings. The fourth-order valence-electron chi connectivity index (χ4n) is 0.749. The van der Waals surface area contributed by atoms with Crippen molar-refractivity contribution >= 4 is 5.97 Å². The van der Waals surface area contributed by atoms with Gasteiger partial charge in [-0.25, -0.2) is 4.79 Å². The molecule has 0 radical (unpaired) electrons. The van der Waals surface area contributed by atoms with Crippen molar-refractivity contribution < 1.29 is 14.3 Å². The molecule has 0 aliphatic heterocycles. The standard InChI is InChI=1S/C5H5FN2O3/c1-8-3(5(10)11)2(6)4(9)7-8/h1H3,(H,7,9)(H,10,11). The zero-order valence-corrected chi connectivity index (χ0v) is 5.59. The predicted octanol–water partition coefficient (Wildman–Crippen LogP) is -0.449. The second-order valence-corrected chi connectivity index (χ2v) is 1.97. The molecule has 0 saturated carbocycles. The summed E-state index contributed by atoms with van der Waals surface area (Å²) in [5.41, 5.74) is -1.68. The average molecular weight is 160 g/mol. The summed E-state index contributed by atoms with van der Waals surface area (Å²) in [6, 6.07) is 0. The molecule has 0 atom stereocenters. The van der Waals surface area contributed by atoms with Gasteiger partial charge in [-0.1, -0.05) is 0 Å². The molecule has 1 heterocycles. The van der Waals surface area contributed by atoms with E-state index in [1.54, 1.807) is 0 Å². The lowest BCUT2D eigenvalue weighted by atomic mass is 10.4. The summed E-state index contributed by atoms with van der Waals surface area (Å²) in [6.07, 6.45) is 0. The first-order valence-electron chi connectivity index (χ1n) is 2.72.